The molecule has 214 valence electrons. The highest BCUT2D eigenvalue weighted by molar-refractivity contribution is 7.91. The highest BCUT2D eigenvalue weighted by Crippen LogP contribution is 2.35. The Morgan fingerprint density at radius 1 is 0.949 bits per heavy atom. The van der Waals surface area contributed by atoms with Gasteiger partial charge in [0, 0.05) is 50.5 Å². The molecule has 0 saturated carbocycles. The lowest BCUT2D eigenvalue weighted by Gasteiger charge is -2.44. The van der Waals surface area contributed by atoms with Crippen LogP contribution in [-0.2, 0) is 14.8 Å². The quantitative estimate of drug-likeness (QED) is 0.266. The summed E-state index contributed by atoms with van der Waals surface area (Å²) >= 11 is 0. The first kappa shape index (κ1) is 30.7. The van der Waals surface area contributed by atoms with Gasteiger partial charge in [0.05, 0.1) is 6.61 Å². The number of benzene rings is 2. The number of unbranched alkanes of at least 4 members (excludes halogenated alkanes) is 1. The first-order chi connectivity index (χ1) is 18.3. The minimum atomic E-state index is -4.12. The third-order valence-corrected chi connectivity index (χ3v) is 10.1. The van der Waals surface area contributed by atoms with E-state index in [0.717, 1.165) is 24.3 Å². The van der Waals surface area contributed by atoms with Gasteiger partial charge in [-0.1, -0.05) is 31.5 Å². The van der Waals surface area contributed by atoms with Gasteiger partial charge in [-0.2, -0.15) is 4.31 Å². The van der Waals surface area contributed by atoms with Crippen LogP contribution in [0.2, 0.25) is 0 Å². The average molecular weight is 581 g/mol. The van der Waals surface area contributed by atoms with E-state index in [0.29, 0.717) is 25.3 Å². The molecule has 2 aromatic carbocycles. The van der Waals surface area contributed by atoms with Crippen molar-refractivity contribution in [1.82, 2.24) is 14.7 Å². The van der Waals surface area contributed by atoms with E-state index >= 15 is 0 Å². The molecule has 0 atom stereocenters. The zero-order chi connectivity index (χ0) is 27.2. The fourth-order valence-corrected chi connectivity index (χ4v) is 7.18. The fourth-order valence-electron chi connectivity index (χ4n) is 5.06. The predicted molar refractivity (Wildman–Crippen MR) is 151 cm³/mol. The Morgan fingerprint density at radius 3 is 2.13 bits per heavy atom. The summed E-state index contributed by atoms with van der Waals surface area (Å²) in [5, 5.41) is 9.47. The molecule has 2 heterocycles. The molecule has 0 unspecified atom stereocenters. The highest BCUT2D eigenvalue weighted by atomic mass is 35.5. The number of hydrogen-bond acceptors (Lipinski definition) is 7. The van der Waals surface area contributed by atoms with E-state index in [9.17, 15) is 23.2 Å². The molecule has 2 aliphatic rings. The Kier molecular flexibility index (Phi) is 10.6. The second kappa shape index (κ2) is 13.5. The van der Waals surface area contributed by atoms with E-state index in [2.05, 4.69) is 11.8 Å². The Hall–Kier alpha value is -2.86. The Morgan fingerprint density at radius 2 is 1.56 bits per heavy atom. The first-order valence-electron chi connectivity index (χ1n) is 13.1. The predicted octanol–water partition coefficient (Wildman–Crippen LogP) is 2.92. The molecular weight excluding hydrogens is 544 g/mol. The maximum atomic E-state index is 13.8. The summed E-state index contributed by atoms with van der Waals surface area (Å²) in [6, 6.07) is 16.5. The van der Waals surface area contributed by atoms with E-state index in [1.54, 1.807) is 34.6 Å². The number of halogens is 1. The summed E-state index contributed by atoms with van der Waals surface area (Å²) in [4.78, 5) is 29.4. The summed E-state index contributed by atoms with van der Waals surface area (Å²) in [5.41, 5.74) is 3.06. The lowest BCUT2D eigenvalue weighted by Crippen LogP contribution is -2.64. The van der Waals surface area contributed by atoms with Gasteiger partial charge in [0.25, 0.3) is 11.8 Å². The van der Waals surface area contributed by atoms with Crippen molar-refractivity contribution in [1.29, 1.82) is 0 Å². The van der Waals surface area contributed by atoms with Crippen LogP contribution in [0.25, 0.3) is 0 Å². The van der Waals surface area contributed by atoms with Crippen LogP contribution in [0.4, 0.5) is 5.69 Å². The number of likely N-dealkylation sites (tertiary alicyclic amines) is 1. The topological polar surface area (TPSA) is 119 Å². The molecule has 39 heavy (non-hydrogen) atoms. The number of anilines is 1. The minimum Gasteiger partial charge on any atom is -0.494 e. The average Bonchev–Trinajstić information content (AvgIpc) is 2.97. The van der Waals surface area contributed by atoms with Crippen LogP contribution < -0.4 is 15.1 Å². The molecular formula is C27H37ClN4O6S. The maximum Gasteiger partial charge on any atom is 0.266 e. The van der Waals surface area contributed by atoms with E-state index in [1.807, 2.05) is 30.3 Å². The SMILES string of the molecule is CCCCOc1ccc(N2CCN(S(=O)(=O)C3(C(=O)NO)CCN(C(=O)c4ccccc4)CC3)CC2)cc1.Cl. The Bertz CT molecular complexity index is 1200. The van der Waals surface area contributed by atoms with Crippen molar-refractivity contribution >= 4 is 39.9 Å². The van der Waals surface area contributed by atoms with Gasteiger partial charge >= 0.3 is 0 Å². The standard InChI is InChI=1S/C27H36N4O6S.ClH/c1-2-3-21-37-24-11-9-23(10-12-24)29-17-19-31(20-18-29)38(35,36)27(26(33)28-34)13-15-30(16-14-27)25(32)22-7-5-4-6-8-22;/h4-12,34H,2-3,13-21H2,1H3,(H,28,33);1H. The van der Waals surface area contributed by atoms with Crippen LogP contribution in [0, 0.1) is 0 Å². The lowest BCUT2D eigenvalue weighted by atomic mass is 9.94. The van der Waals surface area contributed by atoms with Crippen LogP contribution in [0.5, 0.6) is 5.75 Å². The summed E-state index contributed by atoms with van der Waals surface area (Å²) in [6.07, 6.45) is 1.87. The molecule has 0 spiro atoms. The van der Waals surface area contributed by atoms with E-state index < -0.39 is 20.7 Å². The number of rotatable bonds is 9. The number of nitrogens with zero attached hydrogens (tertiary/aromatic N) is 3. The number of ether oxygens (including phenoxy) is 1. The number of sulfonamides is 1. The van der Waals surface area contributed by atoms with Gasteiger partial charge in [0.15, 0.2) is 4.75 Å². The van der Waals surface area contributed by atoms with Gasteiger partial charge in [-0.25, -0.2) is 13.9 Å². The minimum absolute atomic E-state index is 0. The zero-order valence-electron chi connectivity index (χ0n) is 22.1. The first-order valence-corrected chi connectivity index (χ1v) is 14.5. The number of hydrogen-bond donors (Lipinski definition) is 2. The number of carbonyl (C=O) groups is 2. The van der Waals surface area contributed by atoms with Crippen molar-refractivity contribution in [2.75, 3.05) is 50.8 Å². The molecule has 4 rings (SSSR count). The molecule has 2 saturated heterocycles. The van der Waals surface area contributed by atoms with Crippen LogP contribution in [0.3, 0.4) is 0 Å². The molecule has 12 heteroatoms. The van der Waals surface area contributed by atoms with Crippen molar-refractivity contribution in [2.24, 2.45) is 0 Å². The van der Waals surface area contributed by atoms with E-state index in [4.69, 9.17) is 4.74 Å². The number of carbonyl (C=O) groups excluding carboxylic acids is 2. The molecule has 0 aliphatic carbocycles. The van der Waals surface area contributed by atoms with Gasteiger partial charge in [0.2, 0.25) is 10.0 Å². The van der Waals surface area contributed by atoms with Gasteiger partial charge in [-0.3, -0.25) is 14.8 Å². The van der Waals surface area contributed by atoms with Crippen LogP contribution >= 0.6 is 12.4 Å². The normalized spacial score (nSPS) is 17.7. The number of nitrogens with one attached hydrogen (secondary N) is 1. The van der Waals surface area contributed by atoms with Gasteiger partial charge in [-0.05, 0) is 55.7 Å². The number of piperidine rings is 1. The molecule has 0 aromatic heterocycles. The van der Waals surface area contributed by atoms with Gasteiger partial charge < -0.3 is 14.5 Å². The maximum absolute atomic E-state index is 13.8. The Labute approximate surface area is 236 Å². The number of piperazine rings is 1. The third kappa shape index (κ3) is 6.49. The summed E-state index contributed by atoms with van der Waals surface area (Å²) in [5.74, 6) is -0.362. The molecule has 2 N–H and O–H groups in total. The lowest BCUT2D eigenvalue weighted by molar-refractivity contribution is -0.133. The smallest absolute Gasteiger partial charge is 0.266 e. The molecule has 2 aromatic rings. The molecule has 0 bridgehead atoms. The second-order valence-electron chi connectivity index (χ2n) is 9.68. The van der Waals surface area contributed by atoms with Crippen molar-refractivity contribution in [3.05, 3.63) is 60.2 Å². The van der Waals surface area contributed by atoms with Crippen LogP contribution in [-0.4, -0.2) is 85.3 Å². The highest BCUT2D eigenvalue weighted by Gasteiger charge is 2.55. The van der Waals surface area contributed by atoms with Gasteiger partial charge in [0.1, 0.15) is 5.75 Å². The van der Waals surface area contributed by atoms with Crippen molar-refractivity contribution in [3.63, 3.8) is 0 Å². The van der Waals surface area contributed by atoms with E-state index in [1.165, 1.54) is 4.31 Å². The third-order valence-electron chi connectivity index (χ3n) is 7.44. The molecule has 10 nitrogen and oxygen atoms in total. The van der Waals surface area contributed by atoms with Crippen molar-refractivity contribution in [2.45, 2.75) is 37.4 Å². The Balaban J connectivity index is 0.00000420. The van der Waals surface area contributed by atoms with Crippen molar-refractivity contribution in [3.8, 4) is 5.75 Å². The molecule has 2 fully saturated rings. The number of hydroxylamine groups is 1. The van der Waals surface area contributed by atoms with Crippen LogP contribution in [0.15, 0.2) is 54.6 Å². The van der Waals surface area contributed by atoms with Crippen molar-refractivity contribution < 1.29 is 28.0 Å². The number of amides is 2. The van der Waals surface area contributed by atoms with Gasteiger partial charge in [-0.15, -0.1) is 12.4 Å². The summed E-state index contributed by atoms with van der Waals surface area (Å²) in [6.45, 7) is 4.32. The van der Waals surface area contributed by atoms with E-state index in [-0.39, 0.29) is 57.3 Å². The summed E-state index contributed by atoms with van der Waals surface area (Å²) in [7, 11) is -4.12. The van der Waals surface area contributed by atoms with Crippen LogP contribution in [0.1, 0.15) is 43.0 Å². The molecule has 0 radical (unpaired) electrons. The molecule has 2 aliphatic heterocycles. The summed E-state index contributed by atoms with van der Waals surface area (Å²) < 4.78 is 32.9. The fraction of sp³-hybridized carbons (Fsp3) is 0.481. The largest absolute Gasteiger partial charge is 0.494 e. The zero-order valence-corrected chi connectivity index (χ0v) is 23.8. The second-order valence-corrected chi connectivity index (χ2v) is 11.9. The molecule has 2 amide bonds. The monoisotopic (exact) mass is 580 g/mol.